The van der Waals surface area contributed by atoms with Gasteiger partial charge >= 0.3 is 5.97 Å². The largest absolute Gasteiger partial charge is 0.481 e. The van der Waals surface area contributed by atoms with Gasteiger partial charge in [0.2, 0.25) is 10.0 Å². The van der Waals surface area contributed by atoms with Crippen LogP contribution in [0.3, 0.4) is 0 Å². The van der Waals surface area contributed by atoms with Crippen molar-refractivity contribution < 1.29 is 18.3 Å². The lowest BCUT2D eigenvalue weighted by atomic mass is 9.75. The van der Waals surface area contributed by atoms with Crippen LogP contribution >= 0.6 is 22.6 Å². The van der Waals surface area contributed by atoms with Gasteiger partial charge in [-0.1, -0.05) is 0 Å². The Morgan fingerprint density at radius 1 is 1.15 bits per heavy atom. The number of hydrogen-bond donors (Lipinski definition) is 2. The summed E-state index contributed by atoms with van der Waals surface area (Å²) in [5.41, 5.74) is -2.38. The topological polar surface area (TPSA) is 83.5 Å². The van der Waals surface area contributed by atoms with Gasteiger partial charge in [-0.3, -0.25) is 4.79 Å². The summed E-state index contributed by atoms with van der Waals surface area (Å²) in [5.74, 6) is -1.06. The molecule has 112 valence electrons. The minimum atomic E-state index is -3.77. The maximum Gasteiger partial charge on any atom is 0.310 e. The van der Waals surface area contributed by atoms with E-state index in [0.717, 1.165) is 3.57 Å². The Bertz CT molecular complexity index is 606. The highest BCUT2D eigenvalue weighted by atomic mass is 127. The molecular formula is C13H18INO4S. The van der Waals surface area contributed by atoms with Crippen LogP contribution in [-0.2, 0) is 14.8 Å². The highest BCUT2D eigenvalue weighted by Gasteiger charge is 2.45. The van der Waals surface area contributed by atoms with Crippen LogP contribution in [0, 0.1) is 8.99 Å². The molecule has 1 aromatic carbocycles. The third-order valence-electron chi connectivity index (χ3n) is 3.61. The summed E-state index contributed by atoms with van der Waals surface area (Å²) in [5, 5.41) is 9.24. The number of carboxylic acid groups (broad SMARTS) is 1. The molecule has 1 aromatic rings. The molecule has 0 fully saturated rings. The minimum absolute atomic E-state index is 0.118. The molecule has 20 heavy (non-hydrogen) atoms. The summed E-state index contributed by atoms with van der Waals surface area (Å²) in [7, 11) is -3.77. The molecule has 0 aliphatic rings. The summed E-state index contributed by atoms with van der Waals surface area (Å²) < 4.78 is 28.0. The fraction of sp³-hybridized carbons (Fsp3) is 0.462. The summed E-state index contributed by atoms with van der Waals surface area (Å²) in [6.45, 7) is 6.11. The van der Waals surface area contributed by atoms with Gasteiger partial charge in [-0.15, -0.1) is 0 Å². The summed E-state index contributed by atoms with van der Waals surface area (Å²) in [6.07, 6.45) is 0. The van der Waals surface area contributed by atoms with Gasteiger partial charge in [-0.05, 0) is 74.6 Å². The van der Waals surface area contributed by atoms with Crippen molar-refractivity contribution in [1.82, 2.24) is 4.72 Å². The lowest BCUT2D eigenvalue weighted by molar-refractivity contribution is -0.150. The number of halogens is 1. The molecule has 0 spiro atoms. The Kier molecular flexibility index (Phi) is 4.87. The van der Waals surface area contributed by atoms with Crippen molar-refractivity contribution in [3.63, 3.8) is 0 Å². The van der Waals surface area contributed by atoms with Crippen molar-refractivity contribution in [1.29, 1.82) is 0 Å². The number of rotatable bonds is 5. The van der Waals surface area contributed by atoms with Crippen LogP contribution in [0.2, 0.25) is 0 Å². The molecule has 0 atom stereocenters. The second-order valence-electron chi connectivity index (χ2n) is 5.61. The first-order valence-corrected chi connectivity index (χ1v) is 8.49. The molecule has 0 unspecified atom stereocenters. The SMILES string of the molecule is CC(C)(NS(=O)(=O)c1ccc(I)cc1)C(C)(C)C(=O)O. The van der Waals surface area contributed by atoms with Crippen LogP contribution in [0.25, 0.3) is 0 Å². The van der Waals surface area contributed by atoms with E-state index in [2.05, 4.69) is 27.3 Å². The molecule has 0 radical (unpaired) electrons. The third-order valence-corrected chi connectivity index (χ3v) is 6.00. The van der Waals surface area contributed by atoms with Gasteiger partial charge in [0.25, 0.3) is 0 Å². The zero-order chi connectivity index (χ0) is 15.8. The zero-order valence-corrected chi connectivity index (χ0v) is 14.7. The number of carbonyl (C=O) groups is 1. The van der Waals surface area contributed by atoms with E-state index in [0.29, 0.717) is 0 Å². The van der Waals surface area contributed by atoms with E-state index in [1.54, 1.807) is 26.0 Å². The van der Waals surface area contributed by atoms with Crippen LogP contribution in [0.5, 0.6) is 0 Å². The normalized spacial score (nSPS) is 13.2. The van der Waals surface area contributed by atoms with Crippen LogP contribution in [0.15, 0.2) is 29.2 Å². The first kappa shape index (κ1) is 17.4. The molecular weight excluding hydrogens is 393 g/mol. The van der Waals surface area contributed by atoms with E-state index in [9.17, 15) is 18.3 Å². The monoisotopic (exact) mass is 411 g/mol. The van der Waals surface area contributed by atoms with Gasteiger partial charge in [-0.25, -0.2) is 13.1 Å². The molecule has 0 amide bonds. The summed E-state index contributed by atoms with van der Waals surface area (Å²) >= 11 is 2.08. The van der Waals surface area contributed by atoms with Gasteiger partial charge < -0.3 is 5.11 Å². The van der Waals surface area contributed by atoms with E-state index >= 15 is 0 Å². The highest BCUT2D eigenvalue weighted by Crippen LogP contribution is 2.32. The van der Waals surface area contributed by atoms with E-state index < -0.39 is 26.9 Å². The third kappa shape index (κ3) is 3.50. The van der Waals surface area contributed by atoms with Gasteiger partial charge in [0.1, 0.15) is 0 Å². The Hall–Kier alpha value is -0.670. The minimum Gasteiger partial charge on any atom is -0.481 e. The zero-order valence-electron chi connectivity index (χ0n) is 11.8. The van der Waals surface area contributed by atoms with Crippen molar-refractivity contribution >= 4 is 38.6 Å². The molecule has 2 N–H and O–H groups in total. The Morgan fingerprint density at radius 2 is 1.60 bits per heavy atom. The van der Waals surface area contributed by atoms with E-state index in [4.69, 9.17) is 0 Å². The van der Waals surface area contributed by atoms with E-state index in [1.807, 2.05) is 0 Å². The molecule has 7 heteroatoms. The second kappa shape index (κ2) is 5.61. The molecule has 0 saturated heterocycles. The lowest BCUT2D eigenvalue weighted by Crippen LogP contribution is -2.56. The fourth-order valence-corrected chi connectivity index (χ4v) is 3.30. The van der Waals surface area contributed by atoms with Crippen molar-refractivity contribution in [3.8, 4) is 0 Å². The van der Waals surface area contributed by atoms with Crippen LogP contribution in [-0.4, -0.2) is 25.0 Å². The molecule has 5 nitrogen and oxygen atoms in total. The molecule has 0 heterocycles. The number of carboxylic acids is 1. The number of benzene rings is 1. The van der Waals surface area contributed by atoms with E-state index in [1.165, 1.54) is 26.0 Å². The van der Waals surface area contributed by atoms with Crippen molar-refractivity contribution in [2.75, 3.05) is 0 Å². The Labute approximate surface area is 133 Å². The summed E-state index contributed by atoms with van der Waals surface area (Å²) in [4.78, 5) is 11.4. The first-order valence-electron chi connectivity index (χ1n) is 5.93. The Balaban J connectivity index is 3.13. The molecule has 0 aromatic heterocycles. The van der Waals surface area contributed by atoms with Crippen molar-refractivity contribution in [3.05, 3.63) is 27.8 Å². The first-order chi connectivity index (χ1) is 8.90. The highest BCUT2D eigenvalue weighted by molar-refractivity contribution is 14.1. The smallest absolute Gasteiger partial charge is 0.310 e. The quantitative estimate of drug-likeness (QED) is 0.730. The Morgan fingerprint density at radius 3 is 2.00 bits per heavy atom. The second-order valence-corrected chi connectivity index (χ2v) is 8.54. The van der Waals surface area contributed by atoms with E-state index in [-0.39, 0.29) is 4.90 Å². The van der Waals surface area contributed by atoms with Gasteiger partial charge in [-0.2, -0.15) is 0 Å². The van der Waals surface area contributed by atoms with Crippen molar-refractivity contribution in [2.24, 2.45) is 5.41 Å². The standard InChI is InChI=1S/C13H18INO4S/c1-12(2,11(16)17)13(3,4)15-20(18,19)10-7-5-9(14)6-8-10/h5-8,15H,1-4H3,(H,16,17). The number of aliphatic carboxylic acids is 1. The maximum absolute atomic E-state index is 12.3. The molecule has 0 bridgehead atoms. The summed E-state index contributed by atoms with van der Waals surface area (Å²) in [6, 6.07) is 6.36. The van der Waals surface area contributed by atoms with Gasteiger partial charge in [0.15, 0.2) is 0 Å². The lowest BCUT2D eigenvalue weighted by Gasteiger charge is -2.38. The average molecular weight is 411 g/mol. The van der Waals surface area contributed by atoms with Crippen molar-refractivity contribution in [2.45, 2.75) is 38.1 Å². The van der Waals surface area contributed by atoms with Crippen LogP contribution in [0.1, 0.15) is 27.7 Å². The maximum atomic E-state index is 12.3. The molecule has 1 rings (SSSR count). The molecule has 0 aliphatic heterocycles. The number of hydrogen-bond acceptors (Lipinski definition) is 3. The molecule has 0 aliphatic carbocycles. The number of sulfonamides is 1. The predicted octanol–water partition coefficient (Wildman–Crippen LogP) is 2.46. The van der Waals surface area contributed by atoms with Crippen LogP contribution < -0.4 is 4.72 Å². The average Bonchev–Trinajstić information content (AvgIpc) is 2.27. The van der Waals surface area contributed by atoms with Crippen LogP contribution in [0.4, 0.5) is 0 Å². The predicted molar refractivity (Wildman–Crippen MR) is 85.0 cm³/mol. The number of nitrogens with one attached hydrogen (secondary N) is 1. The van der Waals surface area contributed by atoms with Gasteiger partial charge in [0.05, 0.1) is 10.3 Å². The fourth-order valence-electron chi connectivity index (χ4n) is 1.40. The van der Waals surface area contributed by atoms with Gasteiger partial charge in [0, 0.05) is 9.11 Å². The molecule has 0 saturated carbocycles.